The molecule has 0 bridgehead atoms. The van der Waals surface area contributed by atoms with Gasteiger partial charge in [-0.05, 0) is 67.1 Å². The largest absolute Gasteiger partial charge is 0.482 e. The maximum atomic E-state index is 14.1. The Morgan fingerprint density at radius 2 is 1.75 bits per heavy atom. The topological polar surface area (TPSA) is 115 Å². The van der Waals surface area contributed by atoms with Gasteiger partial charge in [-0.2, -0.15) is 5.10 Å². The van der Waals surface area contributed by atoms with Gasteiger partial charge in [0.1, 0.15) is 11.9 Å². The van der Waals surface area contributed by atoms with Crippen molar-refractivity contribution in [3.63, 3.8) is 0 Å². The Morgan fingerprint density at radius 3 is 2.42 bits per heavy atom. The average molecular weight is 537 g/mol. The standard InChI is InChI=1S/C30H21FN4O5/c1-17(23-13-18(14-27(36)37)7-10-25(23)34-12-4-11-32-34)40-26-16-19-15-20(31)8-9-24(19)33-28(26)35-29(38)21-5-2-3-6-22(21)30(35)39/h2-13,15-17H,14H2,1H3,(H,36,37). The van der Waals surface area contributed by atoms with E-state index in [9.17, 15) is 23.9 Å². The summed E-state index contributed by atoms with van der Waals surface area (Å²) >= 11 is 0. The molecule has 6 rings (SSSR count). The van der Waals surface area contributed by atoms with E-state index in [0.717, 1.165) is 4.90 Å². The van der Waals surface area contributed by atoms with E-state index in [2.05, 4.69) is 10.1 Å². The van der Waals surface area contributed by atoms with E-state index in [1.54, 1.807) is 72.5 Å². The van der Waals surface area contributed by atoms with Crippen molar-refractivity contribution < 1.29 is 28.6 Å². The lowest BCUT2D eigenvalue weighted by Gasteiger charge is -2.23. The highest BCUT2D eigenvalue weighted by Gasteiger charge is 2.39. The van der Waals surface area contributed by atoms with Gasteiger partial charge in [-0.3, -0.25) is 14.4 Å². The smallest absolute Gasteiger partial charge is 0.307 e. The summed E-state index contributed by atoms with van der Waals surface area (Å²) in [7, 11) is 0. The number of pyridine rings is 1. The van der Waals surface area contributed by atoms with Gasteiger partial charge in [0.2, 0.25) is 0 Å². The maximum absolute atomic E-state index is 14.1. The van der Waals surface area contributed by atoms with Gasteiger partial charge in [0.25, 0.3) is 11.8 Å². The van der Waals surface area contributed by atoms with Crippen LogP contribution in [-0.4, -0.2) is 37.7 Å². The molecular weight excluding hydrogens is 515 g/mol. The van der Waals surface area contributed by atoms with Crippen LogP contribution in [0.3, 0.4) is 0 Å². The molecule has 0 spiro atoms. The number of imide groups is 1. The molecule has 198 valence electrons. The fraction of sp³-hybridized carbons (Fsp3) is 0.100. The van der Waals surface area contributed by atoms with Crippen LogP contribution in [0.5, 0.6) is 5.75 Å². The number of amides is 2. The van der Waals surface area contributed by atoms with Gasteiger partial charge < -0.3 is 9.84 Å². The van der Waals surface area contributed by atoms with Crippen molar-refractivity contribution in [2.45, 2.75) is 19.4 Å². The van der Waals surface area contributed by atoms with Gasteiger partial charge in [-0.1, -0.05) is 18.2 Å². The molecule has 1 unspecified atom stereocenters. The fourth-order valence-corrected chi connectivity index (χ4v) is 4.83. The molecule has 1 aliphatic rings. The molecule has 0 saturated carbocycles. The first kappa shape index (κ1) is 24.9. The van der Waals surface area contributed by atoms with E-state index < -0.39 is 29.7 Å². The Labute approximate surface area is 227 Å². The molecule has 2 aromatic heterocycles. The van der Waals surface area contributed by atoms with Crippen molar-refractivity contribution in [2.75, 3.05) is 4.90 Å². The SMILES string of the molecule is CC(Oc1cc2cc(F)ccc2nc1N1C(=O)c2ccccc2C1=O)c1cc(CC(=O)O)ccc1-n1cccn1. The number of nitrogens with zero attached hydrogens (tertiary/aromatic N) is 4. The lowest BCUT2D eigenvalue weighted by Crippen LogP contribution is -2.31. The molecule has 40 heavy (non-hydrogen) atoms. The number of carbonyl (C=O) groups is 3. The molecule has 0 saturated heterocycles. The van der Waals surface area contributed by atoms with Crippen LogP contribution in [0.2, 0.25) is 0 Å². The summed E-state index contributed by atoms with van der Waals surface area (Å²) in [4.78, 5) is 43.6. The molecule has 1 N–H and O–H groups in total. The third kappa shape index (κ3) is 4.35. The van der Waals surface area contributed by atoms with Crippen molar-refractivity contribution in [3.8, 4) is 11.4 Å². The van der Waals surface area contributed by atoms with Gasteiger partial charge in [0.05, 0.1) is 28.8 Å². The molecule has 3 heterocycles. The molecule has 3 aromatic carbocycles. The van der Waals surface area contributed by atoms with Crippen LogP contribution < -0.4 is 9.64 Å². The zero-order valence-electron chi connectivity index (χ0n) is 21.1. The number of benzene rings is 3. The highest BCUT2D eigenvalue weighted by molar-refractivity contribution is 6.34. The molecule has 5 aromatic rings. The van der Waals surface area contributed by atoms with Crippen LogP contribution >= 0.6 is 0 Å². The predicted octanol–water partition coefficient (Wildman–Crippen LogP) is 5.13. The van der Waals surface area contributed by atoms with Crippen molar-refractivity contribution in [2.24, 2.45) is 0 Å². The summed E-state index contributed by atoms with van der Waals surface area (Å²) in [5.74, 6) is -2.51. The quantitative estimate of drug-likeness (QED) is 0.287. The van der Waals surface area contributed by atoms with E-state index in [-0.39, 0.29) is 29.1 Å². The molecule has 0 aliphatic carbocycles. The van der Waals surface area contributed by atoms with Gasteiger partial charge in [0.15, 0.2) is 11.6 Å². The number of aromatic nitrogens is 3. The normalized spacial score (nSPS) is 13.5. The minimum atomic E-state index is -0.986. The number of carbonyl (C=O) groups excluding carboxylic acids is 2. The molecule has 1 aliphatic heterocycles. The van der Waals surface area contributed by atoms with E-state index >= 15 is 0 Å². The fourth-order valence-electron chi connectivity index (χ4n) is 4.83. The van der Waals surface area contributed by atoms with Crippen LogP contribution in [0, 0.1) is 5.82 Å². The number of halogens is 1. The van der Waals surface area contributed by atoms with Crippen molar-refractivity contribution in [1.82, 2.24) is 14.8 Å². The zero-order valence-corrected chi connectivity index (χ0v) is 21.1. The lowest BCUT2D eigenvalue weighted by molar-refractivity contribution is -0.136. The maximum Gasteiger partial charge on any atom is 0.307 e. The van der Waals surface area contributed by atoms with Crippen LogP contribution in [0.1, 0.15) is 44.9 Å². The number of rotatable bonds is 7. The van der Waals surface area contributed by atoms with Crippen LogP contribution in [0.15, 0.2) is 85.2 Å². The molecule has 2 amide bonds. The monoisotopic (exact) mass is 536 g/mol. The third-order valence-electron chi connectivity index (χ3n) is 6.67. The van der Waals surface area contributed by atoms with Crippen molar-refractivity contribution in [1.29, 1.82) is 0 Å². The molecule has 10 heteroatoms. The Hall–Kier alpha value is -5.38. The van der Waals surface area contributed by atoms with Gasteiger partial charge in [0, 0.05) is 23.3 Å². The predicted molar refractivity (Wildman–Crippen MR) is 143 cm³/mol. The van der Waals surface area contributed by atoms with E-state index in [1.165, 1.54) is 24.3 Å². The average Bonchev–Trinajstić information content (AvgIpc) is 3.55. The van der Waals surface area contributed by atoms with Gasteiger partial charge in [-0.15, -0.1) is 0 Å². The second-order valence-electron chi connectivity index (χ2n) is 9.31. The summed E-state index contributed by atoms with van der Waals surface area (Å²) in [6, 6.07) is 18.9. The summed E-state index contributed by atoms with van der Waals surface area (Å²) in [5.41, 5.74) is 2.66. The number of ether oxygens (including phenoxy) is 1. The number of hydrogen-bond donors (Lipinski definition) is 1. The number of hydrogen-bond acceptors (Lipinski definition) is 6. The summed E-state index contributed by atoms with van der Waals surface area (Å²) in [6.07, 6.45) is 2.43. The van der Waals surface area contributed by atoms with E-state index in [4.69, 9.17) is 4.74 Å². The molecule has 9 nitrogen and oxygen atoms in total. The summed E-state index contributed by atoms with van der Waals surface area (Å²) < 4.78 is 22.1. The first-order valence-corrected chi connectivity index (χ1v) is 12.4. The van der Waals surface area contributed by atoms with Gasteiger partial charge >= 0.3 is 5.97 Å². The Kier molecular flexibility index (Phi) is 6.07. The van der Waals surface area contributed by atoms with Gasteiger partial charge in [-0.25, -0.2) is 19.0 Å². The van der Waals surface area contributed by atoms with Crippen LogP contribution in [0.4, 0.5) is 10.2 Å². The highest BCUT2D eigenvalue weighted by atomic mass is 19.1. The number of aliphatic carboxylic acids is 1. The summed E-state index contributed by atoms with van der Waals surface area (Å²) in [6.45, 7) is 1.74. The Morgan fingerprint density at radius 1 is 1.00 bits per heavy atom. The second-order valence-corrected chi connectivity index (χ2v) is 9.31. The number of carboxylic acids is 1. The first-order valence-electron chi connectivity index (χ1n) is 12.4. The second kappa shape index (κ2) is 9.73. The van der Waals surface area contributed by atoms with Crippen LogP contribution in [0.25, 0.3) is 16.6 Å². The first-order chi connectivity index (χ1) is 19.3. The van der Waals surface area contributed by atoms with Crippen LogP contribution in [-0.2, 0) is 11.2 Å². The number of anilines is 1. The third-order valence-corrected chi connectivity index (χ3v) is 6.67. The van der Waals surface area contributed by atoms with Crippen molar-refractivity contribution >= 4 is 34.5 Å². The molecule has 0 fully saturated rings. The molecule has 1 atom stereocenters. The molecule has 0 radical (unpaired) electrons. The van der Waals surface area contributed by atoms with E-state index in [0.29, 0.717) is 27.7 Å². The Bertz CT molecular complexity index is 1780. The molecular formula is C30H21FN4O5. The highest BCUT2D eigenvalue weighted by Crippen LogP contribution is 2.38. The number of carboxylic acid groups (broad SMARTS) is 1. The minimum Gasteiger partial charge on any atom is -0.482 e. The van der Waals surface area contributed by atoms with E-state index in [1.807, 2.05) is 0 Å². The Balaban J connectivity index is 1.47. The van der Waals surface area contributed by atoms with Crippen molar-refractivity contribution in [3.05, 3.63) is 113 Å². The lowest BCUT2D eigenvalue weighted by atomic mass is 10.0. The summed E-state index contributed by atoms with van der Waals surface area (Å²) in [5, 5.41) is 14.0. The number of fused-ring (bicyclic) bond motifs is 2. The zero-order chi connectivity index (χ0) is 28.0. The minimum absolute atomic E-state index is 0.0283.